The molecule has 1 fully saturated rings. The average molecular weight is 329 g/mol. The highest BCUT2D eigenvalue weighted by Gasteiger charge is 2.29. The van der Waals surface area contributed by atoms with Crippen molar-refractivity contribution in [2.75, 3.05) is 26.7 Å². The van der Waals surface area contributed by atoms with Crippen LogP contribution in [-0.2, 0) is 0 Å². The predicted molar refractivity (Wildman–Crippen MR) is 79.0 cm³/mol. The largest absolute Gasteiger partial charge is 0.389 e. The summed E-state index contributed by atoms with van der Waals surface area (Å²) in [5.41, 5.74) is 1.25. The van der Waals surface area contributed by atoms with Gasteiger partial charge in [0.1, 0.15) is 0 Å². The van der Waals surface area contributed by atoms with Crippen LogP contribution in [0.3, 0.4) is 0 Å². The van der Waals surface area contributed by atoms with Crippen molar-refractivity contribution in [1.82, 2.24) is 10.2 Å². The minimum absolute atomic E-state index is 0.285. The van der Waals surface area contributed by atoms with E-state index in [4.69, 9.17) is 0 Å². The van der Waals surface area contributed by atoms with E-state index in [2.05, 4.69) is 38.3 Å². The van der Waals surface area contributed by atoms with Crippen molar-refractivity contribution < 1.29 is 10.2 Å². The van der Waals surface area contributed by atoms with Gasteiger partial charge in [0, 0.05) is 30.1 Å². The van der Waals surface area contributed by atoms with E-state index in [0.29, 0.717) is 13.1 Å². The summed E-state index contributed by atoms with van der Waals surface area (Å²) in [5.74, 6) is 0. The number of β-amino-alcohol motifs (C(OH)–C–C–N with tert-alkyl or cyclic N) is 2. The molecule has 1 saturated heterocycles. The number of nitrogens with one attached hydrogen (secondary N) is 1. The molecule has 0 aromatic heterocycles. The van der Waals surface area contributed by atoms with Crippen molar-refractivity contribution in [1.29, 1.82) is 0 Å². The molecule has 0 radical (unpaired) electrons. The molecule has 4 nitrogen and oxygen atoms in total. The quantitative estimate of drug-likeness (QED) is 0.758. The van der Waals surface area contributed by atoms with E-state index < -0.39 is 12.2 Å². The normalized spacial score (nSPS) is 25.7. The third-order valence-corrected chi connectivity index (χ3v) is 4.16. The molecule has 1 aliphatic heterocycles. The maximum atomic E-state index is 9.53. The molecular formula is C14H21BrN2O2. The van der Waals surface area contributed by atoms with Gasteiger partial charge in [-0.05, 0) is 31.2 Å². The van der Waals surface area contributed by atoms with Crippen LogP contribution in [0, 0.1) is 0 Å². The summed E-state index contributed by atoms with van der Waals surface area (Å²) in [6, 6.07) is 8.57. The molecule has 5 heteroatoms. The van der Waals surface area contributed by atoms with Gasteiger partial charge < -0.3 is 15.5 Å². The Morgan fingerprint density at radius 2 is 2.05 bits per heavy atom. The second-order valence-electron chi connectivity index (χ2n) is 5.08. The van der Waals surface area contributed by atoms with Crippen molar-refractivity contribution in [3.8, 4) is 0 Å². The molecule has 3 atom stereocenters. The van der Waals surface area contributed by atoms with E-state index in [0.717, 1.165) is 17.4 Å². The molecule has 3 unspecified atom stereocenters. The third kappa shape index (κ3) is 4.00. The van der Waals surface area contributed by atoms with Gasteiger partial charge in [0.05, 0.1) is 12.2 Å². The van der Waals surface area contributed by atoms with Crippen molar-refractivity contribution in [3.63, 3.8) is 0 Å². The van der Waals surface area contributed by atoms with E-state index >= 15 is 0 Å². The van der Waals surface area contributed by atoms with Gasteiger partial charge in [0.25, 0.3) is 0 Å². The van der Waals surface area contributed by atoms with E-state index in [1.165, 1.54) is 5.56 Å². The number of hydrogen-bond donors (Lipinski definition) is 3. The van der Waals surface area contributed by atoms with E-state index in [9.17, 15) is 10.2 Å². The summed E-state index contributed by atoms with van der Waals surface area (Å²) in [4.78, 5) is 2.11. The highest BCUT2D eigenvalue weighted by Crippen LogP contribution is 2.21. The Bertz CT molecular complexity index is 406. The van der Waals surface area contributed by atoms with Crippen molar-refractivity contribution in [2.45, 2.75) is 24.7 Å². The maximum absolute atomic E-state index is 9.53. The maximum Gasteiger partial charge on any atom is 0.0938 e. The SMILES string of the molecule is CNC(CCN1CC(O)C(O)C1)c1cccc(Br)c1. The summed E-state index contributed by atoms with van der Waals surface area (Å²) in [6.45, 7) is 2.00. The molecule has 3 N–H and O–H groups in total. The van der Waals surface area contributed by atoms with Crippen LogP contribution in [-0.4, -0.2) is 54.0 Å². The Morgan fingerprint density at radius 1 is 1.37 bits per heavy atom. The Labute approximate surface area is 122 Å². The number of halogens is 1. The lowest BCUT2D eigenvalue weighted by atomic mass is 10.0. The summed E-state index contributed by atoms with van der Waals surface area (Å²) in [5, 5.41) is 22.4. The van der Waals surface area contributed by atoms with Crippen molar-refractivity contribution in [2.24, 2.45) is 0 Å². The lowest BCUT2D eigenvalue weighted by Gasteiger charge is -2.21. The number of likely N-dealkylation sites (tertiary alicyclic amines) is 1. The molecule has 1 heterocycles. The molecule has 0 spiro atoms. The van der Waals surface area contributed by atoms with Gasteiger partial charge in [-0.2, -0.15) is 0 Å². The van der Waals surface area contributed by atoms with Gasteiger partial charge in [-0.25, -0.2) is 0 Å². The molecule has 106 valence electrons. The first-order chi connectivity index (χ1) is 9.10. The minimum Gasteiger partial charge on any atom is -0.389 e. The lowest BCUT2D eigenvalue weighted by Crippen LogP contribution is -2.27. The van der Waals surface area contributed by atoms with E-state index in [1.807, 2.05) is 19.2 Å². The molecular weight excluding hydrogens is 308 g/mol. The predicted octanol–water partition coefficient (Wildman–Crippen LogP) is 1.14. The molecule has 0 bridgehead atoms. The monoisotopic (exact) mass is 328 g/mol. The van der Waals surface area contributed by atoms with Crippen LogP contribution in [0.4, 0.5) is 0 Å². The highest BCUT2D eigenvalue weighted by molar-refractivity contribution is 9.10. The number of nitrogens with zero attached hydrogens (tertiary/aromatic N) is 1. The summed E-state index contributed by atoms with van der Waals surface area (Å²) in [7, 11) is 1.96. The van der Waals surface area contributed by atoms with E-state index in [1.54, 1.807) is 0 Å². The average Bonchev–Trinajstić information content (AvgIpc) is 2.70. The van der Waals surface area contributed by atoms with Crippen molar-refractivity contribution in [3.05, 3.63) is 34.3 Å². The fraction of sp³-hybridized carbons (Fsp3) is 0.571. The van der Waals surface area contributed by atoms with Crippen molar-refractivity contribution >= 4 is 15.9 Å². The molecule has 1 aliphatic rings. The topological polar surface area (TPSA) is 55.7 Å². The minimum atomic E-state index is -0.598. The Hall–Kier alpha value is -0.460. The highest BCUT2D eigenvalue weighted by atomic mass is 79.9. The zero-order valence-corrected chi connectivity index (χ0v) is 12.7. The number of aliphatic hydroxyl groups is 2. The summed E-state index contributed by atoms with van der Waals surface area (Å²) < 4.78 is 1.08. The van der Waals surface area contributed by atoms with Crippen LogP contribution < -0.4 is 5.32 Å². The van der Waals surface area contributed by atoms with Crippen LogP contribution >= 0.6 is 15.9 Å². The van der Waals surface area contributed by atoms with Gasteiger partial charge in [0.15, 0.2) is 0 Å². The van der Waals surface area contributed by atoms with E-state index in [-0.39, 0.29) is 6.04 Å². The van der Waals surface area contributed by atoms with Gasteiger partial charge in [-0.3, -0.25) is 4.90 Å². The van der Waals surface area contributed by atoms with Gasteiger partial charge in [-0.1, -0.05) is 28.1 Å². The molecule has 1 aromatic carbocycles. The molecule has 1 aromatic rings. The van der Waals surface area contributed by atoms with Crippen LogP contribution in [0.2, 0.25) is 0 Å². The summed E-state index contributed by atoms with van der Waals surface area (Å²) in [6.07, 6.45) is -0.246. The van der Waals surface area contributed by atoms with Crippen LogP contribution in [0.5, 0.6) is 0 Å². The standard InChI is InChI=1S/C14H21BrN2O2/c1-16-12(10-3-2-4-11(15)7-10)5-6-17-8-13(18)14(19)9-17/h2-4,7,12-14,16,18-19H,5-6,8-9H2,1H3. The number of hydrogen-bond acceptors (Lipinski definition) is 4. The van der Waals surface area contributed by atoms with Gasteiger partial charge in [-0.15, -0.1) is 0 Å². The smallest absolute Gasteiger partial charge is 0.0938 e. The number of benzene rings is 1. The summed E-state index contributed by atoms with van der Waals surface area (Å²) >= 11 is 3.49. The molecule has 0 aliphatic carbocycles. The zero-order chi connectivity index (χ0) is 13.8. The molecule has 2 rings (SSSR count). The van der Waals surface area contributed by atoms with Gasteiger partial charge >= 0.3 is 0 Å². The first-order valence-electron chi connectivity index (χ1n) is 6.61. The molecule has 0 amide bonds. The number of rotatable bonds is 5. The van der Waals surface area contributed by atoms with Crippen LogP contribution in [0.15, 0.2) is 28.7 Å². The first kappa shape index (κ1) is 14.9. The fourth-order valence-corrected chi connectivity index (χ4v) is 2.96. The Kier molecular flexibility index (Phi) is 5.36. The fourth-order valence-electron chi connectivity index (χ4n) is 2.54. The Morgan fingerprint density at radius 3 is 2.63 bits per heavy atom. The lowest BCUT2D eigenvalue weighted by molar-refractivity contribution is 0.0572. The number of aliphatic hydroxyl groups excluding tert-OH is 2. The second kappa shape index (κ2) is 6.81. The van der Waals surface area contributed by atoms with Gasteiger partial charge in [0.2, 0.25) is 0 Å². The van der Waals surface area contributed by atoms with Crippen LogP contribution in [0.1, 0.15) is 18.0 Å². The first-order valence-corrected chi connectivity index (χ1v) is 7.40. The van der Waals surface area contributed by atoms with Crippen LogP contribution in [0.25, 0.3) is 0 Å². The second-order valence-corrected chi connectivity index (χ2v) is 5.99. The Balaban J connectivity index is 1.90. The zero-order valence-electron chi connectivity index (χ0n) is 11.1. The molecule has 0 saturated carbocycles. The third-order valence-electron chi connectivity index (χ3n) is 3.67. The molecule has 19 heavy (non-hydrogen) atoms.